The predicted octanol–water partition coefficient (Wildman–Crippen LogP) is 3.30. The van der Waals surface area contributed by atoms with Gasteiger partial charge < -0.3 is 29.0 Å². The fourth-order valence-corrected chi connectivity index (χ4v) is 3.68. The average molecular weight is 470 g/mol. The number of amides is 1. The van der Waals surface area contributed by atoms with E-state index in [1.165, 1.54) is 22.3 Å². The zero-order valence-corrected chi connectivity index (χ0v) is 19.2. The molecule has 3 rings (SSSR count). The molecular formula is C26H31NO7. The van der Waals surface area contributed by atoms with E-state index in [0.29, 0.717) is 46.2 Å². The van der Waals surface area contributed by atoms with Gasteiger partial charge in [-0.25, -0.2) is 9.59 Å². The van der Waals surface area contributed by atoms with Crippen LogP contribution in [0.4, 0.5) is 4.79 Å². The van der Waals surface area contributed by atoms with Crippen molar-refractivity contribution in [2.75, 3.05) is 59.4 Å². The molecule has 0 aromatic heterocycles. The second kappa shape index (κ2) is 14.1. The van der Waals surface area contributed by atoms with Gasteiger partial charge in [-0.1, -0.05) is 55.1 Å². The molecule has 0 heterocycles. The normalized spacial score (nSPS) is 12.0. The Morgan fingerprint density at radius 3 is 1.88 bits per heavy atom. The lowest BCUT2D eigenvalue weighted by atomic mass is 9.98. The molecule has 182 valence electrons. The third-order valence-electron chi connectivity index (χ3n) is 5.24. The van der Waals surface area contributed by atoms with Crippen LogP contribution in [0.5, 0.6) is 0 Å². The lowest BCUT2D eigenvalue weighted by Crippen LogP contribution is -2.29. The fraction of sp³-hybridized carbons (Fsp3) is 0.385. The molecule has 1 N–H and O–H groups in total. The van der Waals surface area contributed by atoms with E-state index in [1.54, 1.807) is 0 Å². The monoisotopic (exact) mass is 469 g/mol. The maximum Gasteiger partial charge on any atom is 0.407 e. The summed E-state index contributed by atoms with van der Waals surface area (Å²) in [6, 6.07) is 16.5. The molecule has 0 saturated heterocycles. The van der Waals surface area contributed by atoms with Gasteiger partial charge >= 0.3 is 12.1 Å². The van der Waals surface area contributed by atoms with Crippen LogP contribution in [-0.2, 0) is 28.5 Å². The number of benzene rings is 2. The Hall–Kier alpha value is -3.20. The summed E-state index contributed by atoms with van der Waals surface area (Å²) in [4.78, 5) is 22.9. The van der Waals surface area contributed by atoms with E-state index >= 15 is 0 Å². The Morgan fingerprint density at radius 2 is 1.29 bits per heavy atom. The van der Waals surface area contributed by atoms with Crippen molar-refractivity contribution in [1.82, 2.24) is 5.32 Å². The van der Waals surface area contributed by atoms with Crippen molar-refractivity contribution >= 4 is 12.1 Å². The number of hydrogen-bond donors (Lipinski definition) is 1. The Labute approximate surface area is 199 Å². The summed E-state index contributed by atoms with van der Waals surface area (Å²) in [7, 11) is 0. The molecule has 0 saturated carbocycles. The molecule has 2 aromatic carbocycles. The van der Waals surface area contributed by atoms with E-state index in [9.17, 15) is 9.59 Å². The predicted molar refractivity (Wildman–Crippen MR) is 127 cm³/mol. The summed E-state index contributed by atoms with van der Waals surface area (Å²) in [5, 5.41) is 2.71. The highest BCUT2D eigenvalue weighted by Crippen LogP contribution is 2.44. The van der Waals surface area contributed by atoms with Crippen molar-refractivity contribution in [2.45, 2.75) is 5.92 Å². The second-order valence-corrected chi connectivity index (χ2v) is 7.46. The first-order valence-electron chi connectivity index (χ1n) is 11.3. The van der Waals surface area contributed by atoms with Crippen LogP contribution in [-0.4, -0.2) is 71.5 Å². The Kier molecular flexibility index (Phi) is 10.6. The molecule has 8 heteroatoms. The molecule has 1 aliphatic carbocycles. The molecule has 0 spiro atoms. The average Bonchev–Trinajstić information content (AvgIpc) is 3.19. The summed E-state index contributed by atoms with van der Waals surface area (Å²) in [5.74, 6) is -0.428. The van der Waals surface area contributed by atoms with Crippen LogP contribution in [0.15, 0.2) is 61.2 Å². The van der Waals surface area contributed by atoms with Crippen LogP contribution in [0.3, 0.4) is 0 Å². The van der Waals surface area contributed by atoms with Gasteiger partial charge in [0, 0.05) is 18.5 Å². The maximum atomic E-state index is 12.1. The minimum absolute atomic E-state index is 0.0395. The Bertz CT molecular complexity index is 901. The van der Waals surface area contributed by atoms with Gasteiger partial charge in [-0.3, -0.25) is 0 Å². The van der Waals surface area contributed by atoms with Crippen LogP contribution >= 0.6 is 0 Å². The number of esters is 1. The molecule has 34 heavy (non-hydrogen) atoms. The van der Waals surface area contributed by atoms with E-state index in [0.717, 1.165) is 6.08 Å². The molecule has 0 unspecified atom stereocenters. The number of carbonyl (C=O) groups is 2. The molecule has 0 radical (unpaired) electrons. The first-order chi connectivity index (χ1) is 16.7. The Balaban J connectivity index is 1.20. The van der Waals surface area contributed by atoms with E-state index in [-0.39, 0.29) is 19.1 Å². The van der Waals surface area contributed by atoms with Crippen LogP contribution in [0, 0.1) is 0 Å². The summed E-state index contributed by atoms with van der Waals surface area (Å²) >= 11 is 0. The second-order valence-electron chi connectivity index (χ2n) is 7.46. The first-order valence-corrected chi connectivity index (χ1v) is 11.3. The number of hydrogen-bond acceptors (Lipinski definition) is 7. The van der Waals surface area contributed by atoms with Crippen molar-refractivity contribution < 1.29 is 33.3 Å². The van der Waals surface area contributed by atoms with Gasteiger partial charge in [0.25, 0.3) is 0 Å². The number of nitrogens with one attached hydrogen (secondary N) is 1. The van der Waals surface area contributed by atoms with E-state index in [2.05, 4.69) is 36.2 Å². The number of alkyl carbamates (subject to hydrolysis) is 1. The number of fused-ring (bicyclic) bond motifs is 3. The van der Waals surface area contributed by atoms with E-state index in [1.807, 2.05) is 24.3 Å². The maximum absolute atomic E-state index is 12.1. The van der Waals surface area contributed by atoms with Gasteiger partial charge in [0.05, 0.1) is 39.6 Å². The van der Waals surface area contributed by atoms with Crippen molar-refractivity contribution in [3.63, 3.8) is 0 Å². The number of carbonyl (C=O) groups excluding carboxylic acids is 2. The largest absolute Gasteiger partial charge is 0.460 e. The molecule has 0 fully saturated rings. The SMILES string of the molecule is C=CC(=O)OCCOCCOCCOCCNC(=O)OCC1c2ccccc2-c2ccccc21. The molecule has 8 nitrogen and oxygen atoms in total. The molecule has 0 atom stereocenters. The topological polar surface area (TPSA) is 92.3 Å². The Morgan fingerprint density at radius 1 is 0.765 bits per heavy atom. The van der Waals surface area contributed by atoms with Gasteiger partial charge in [-0.15, -0.1) is 0 Å². The lowest BCUT2D eigenvalue weighted by molar-refractivity contribution is -0.139. The quantitative estimate of drug-likeness (QED) is 0.243. The summed E-state index contributed by atoms with van der Waals surface area (Å²) in [6.07, 6.45) is 0.647. The zero-order valence-electron chi connectivity index (χ0n) is 19.2. The standard InChI is InChI=1S/C26H31NO7/c1-2-25(28)33-18-17-32-16-15-31-14-13-30-12-11-27-26(29)34-19-24-22-9-5-3-7-20(22)21-8-4-6-10-23(21)24/h2-10,24H,1,11-19H2,(H,27,29). The highest BCUT2D eigenvalue weighted by Gasteiger charge is 2.28. The van der Waals surface area contributed by atoms with Crippen molar-refractivity contribution in [3.05, 3.63) is 72.3 Å². The van der Waals surface area contributed by atoms with Crippen molar-refractivity contribution in [2.24, 2.45) is 0 Å². The molecule has 2 aromatic rings. The van der Waals surface area contributed by atoms with E-state index < -0.39 is 12.1 Å². The fourth-order valence-electron chi connectivity index (χ4n) is 3.68. The first kappa shape index (κ1) is 25.4. The summed E-state index contributed by atoms with van der Waals surface area (Å²) in [6.45, 7) is 6.43. The van der Waals surface area contributed by atoms with Crippen LogP contribution < -0.4 is 5.32 Å². The summed E-state index contributed by atoms with van der Waals surface area (Å²) in [5.41, 5.74) is 4.76. The smallest absolute Gasteiger partial charge is 0.407 e. The van der Waals surface area contributed by atoms with Gasteiger partial charge in [0.15, 0.2) is 0 Å². The minimum Gasteiger partial charge on any atom is -0.460 e. The number of rotatable bonds is 15. The van der Waals surface area contributed by atoms with Crippen LogP contribution in [0.1, 0.15) is 17.0 Å². The number of ether oxygens (including phenoxy) is 5. The highest BCUT2D eigenvalue weighted by molar-refractivity contribution is 5.81. The third-order valence-corrected chi connectivity index (χ3v) is 5.24. The third kappa shape index (κ3) is 7.69. The molecule has 0 aliphatic heterocycles. The van der Waals surface area contributed by atoms with Gasteiger partial charge in [-0.05, 0) is 22.3 Å². The van der Waals surface area contributed by atoms with Crippen LogP contribution in [0.25, 0.3) is 11.1 Å². The van der Waals surface area contributed by atoms with Crippen molar-refractivity contribution in [3.8, 4) is 11.1 Å². The highest BCUT2D eigenvalue weighted by atomic mass is 16.6. The molecule has 1 aliphatic rings. The van der Waals surface area contributed by atoms with Gasteiger partial charge in [0.1, 0.15) is 13.2 Å². The molecular weight excluding hydrogens is 438 g/mol. The zero-order chi connectivity index (χ0) is 24.0. The van der Waals surface area contributed by atoms with E-state index in [4.69, 9.17) is 23.7 Å². The summed E-state index contributed by atoms with van der Waals surface area (Å²) < 4.78 is 26.3. The lowest BCUT2D eigenvalue weighted by Gasteiger charge is -2.14. The van der Waals surface area contributed by atoms with Crippen molar-refractivity contribution in [1.29, 1.82) is 0 Å². The minimum atomic E-state index is -0.467. The van der Waals surface area contributed by atoms with Crippen LogP contribution in [0.2, 0.25) is 0 Å². The molecule has 0 bridgehead atoms. The van der Waals surface area contributed by atoms with Gasteiger partial charge in [0.2, 0.25) is 0 Å². The molecule has 1 amide bonds. The van der Waals surface area contributed by atoms with Gasteiger partial charge in [-0.2, -0.15) is 0 Å².